The van der Waals surface area contributed by atoms with Crippen LogP contribution in [0.3, 0.4) is 0 Å². The Labute approximate surface area is 161 Å². The van der Waals surface area contributed by atoms with Gasteiger partial charge in [0.1, 0.15) is 11.6 Å². The van der Waals surface area contributed by atoms with E-state index in [1.54, 1.807) is 0 Å². The van der Waals surface area contributed by atoms with Crippen LogP contribution >= 0.6 is 11.6 Å². The van der Waals surface area contributed by atoms with Crippen LogP contribution in [0.25, 0.3) is 0 Å². The number of ether oxygens (including phenoxy) is 1. The molecule has 2 aromatic carbocycles. The normalized spacial score (nSPS) is 25.2. The molecule has 0 bridgehead atoms. The molecule has 4 rings (SSSR count). The van der Waals surface area contributed by atoms with Gasteiger partial charge < -0.3 is 15.2 Å². The number of benzene rings is 2. The van der Waals surface area contributed by atoms with Crippen LogP contribution in [0.5, 0.6) is 5.75 Å². The van der Waals surface area contributed by atoms with Crippen molar-refractivity contribution in [3.05, 3.63) is 64.4 Å². The lowest BCUT2D eigenvalue weighted by Crippen LogP contribution is -2.43. The fourth-order valence-electron chi connectivity index (χ4n) is 3.81. The standard InChI is InChI=1S/C20H20ClFN2O3/c21-13-3-1-12(2-4-13)19-10-24-9-14(7-15(24)11-27-19)23-20(26)17-6-5-16(25)8-18(17)22/h1-6,8,14-15,19,25H,7,9-11H2,(H,23,26)/t14-,15-,19+/m0/s1. The summed E-state index contributed by atoms with van der Waals surface area (Å²) in [6.07, 6.45) is 0.737. The minimum Gasteiger partial charge on any atom is -0.508 e. The van der Waals surface area contributed by atoms with Crippen molar-refractivity contribution in [2.75, 3.05) is 19.7 Å². The van der Waals surface area contributed by atoms with E-state index in [9.17, 15) is 14.3 Å². The van der Waals surface area contributed by atoms with Gasteiger partial charge in [-0.2, -0.15) is 0 Å². The Morgan fingerprint density at radius 3 is 2.74 bits per heavy atom. The Hall–Kier alpha value is -2.15. The van der Waals surface area contributed by atoms with Crippen LogP contribution < -0.4 is 5.32 Å². The van der Waals surface area contributed by atoms with Crippen molar-refractivity contribution in [2.24, 2.45) is 0 Å². The van der Waals surface area contributed by atoms with Gasteiger partial charge in [-0.3, -0.25) is 9.69 Å². The van der Waals surface area contributed by atoms with E-state index < -0.39 is 11.7 Å². The van der Waals surface area contributed by atoms with Crippen molar-refractivity contribution in [2.45, 2.75) is 24.6 Å². The first-order valence-electron chi connectivity index (χ1n) is 8.90. The summed E-state index contributed by atoms with van der Waals surface area (Å²) < 4.78 is 19.9. The fraction of sp³-hybridized carbons (Fsp3) is 0.350. The molecule has 142 valence electrons. The third-order valence-electron chi connectivity index (χ3n) is 5.19. The highest BCUT2D eigenvalue weighted by atomic mass is 35.5. The van der Waals surface area contributed by atoms with Crippen LogP contribution in [0.1, 0.15) is 28.4 Å². The Morgan fingerprint density at radius 1 is 1.22 bits per heavy atom. The Kier molecular flexibility index (Phi) is 5.04. The Morgan fingerprint density at radius 2 is 2.00 bits per heavy atom. The summed E-state index contributed by atoms with van der Waals surface area (Å²) in [5.74, 6) is -1.39. The molecule has 0 radical (unpaired) electrons. The van der Waals surface area contributed by atoms with E-state index in [-0.39, 0.29) is 29.5 Å². The molecule has 0 aliphatic carbocycles. The highest BCUT2D eigenvalue weighted by molar-refractivity contribution is 6.30. The maximum absolute atomic E-state index is 13.9. The lowest BCUT2D eigenvalue weighted by molar-refractivity contribution is -0.0502. The van der Waals surface area contributed by atoms with Gasteiger partial charge in [-0.1, -0.05) is 23.7 Å². The minimum atomic E-state index is -0.727. The number of rotatable bonds is 3. The second-order valence-electron chi connectivity index (χ2n) is 7.05. The third kappa shape index (κ3) is 3.93. The molecule has 7 heteroatoms. The van der Waals surface area contributed by atoms with Crippen molar-refractivity contribution in [3.63, 3.8) is 0 Å². The van der Waals surface area contributed by atoms with Gasteiger partial charge in [0.05, 0.1) is 18.3 Å². The molecule has 5 nitrogen and oxygen atoms in total. The average Bonchev–Trinajstić information content (AvgIpc) is 3.03. The number of amides is 1. The van der Waals surface area contributed by atoms with Crippen molar-refractivity contribution >= 4 is 17.5 Å². The predicted molar refractivity (Wildman–Crippen MR) is 99.4 cm³/mol. The summed E-state index contributed by atoms with van der Waals surface area (Å²) in [5, 5.41) is 12.9. The van der Waals surface area contributed by atoms with Crippen molar-refractivity contribution in [1.29, 1.82) is 0 Å². The number of morpholine rings is 1. The van der Waals surface area contributed by atoms with E-state index in [1.807, 2.05) is 24.3 Å². The molecule has 0 spiro atoms. The number of carbonyl (C=O) groups is 1. The third-order valence-corrected chi connectivity index (χ3v) is 5.44. The maximum Gasteiger partial charge on any atom is 0.254 e. The number of halogens is 2. The molecule has 2 N–H and O–H groups in total. The quantitative estimate of drug-likeness (QED) is 0.845. The molecule has 0 aromatic heterocycles. The molecule has 0 saturated carbocycles. The average molecular weight is 391 g/mol. The first-order valence-corrected chi connectivity index (χ1v) is 9.28. The predicted octanol–water partition coefficient (Wildman–Crippen LogP) is 3.13. The first-order chi connectivity index (χ1) is 13.0. The van der Waals surface area contributed by atoms with Gasteiger partial charge >= 0.3 is 0 Å². The fourth-order valence-corrected chi connectivity index (χ4v) is 3.94. The summed E-state index contributed by atoms with van der Waals surface area (Å²) in [4.78, 5) is 14.7. The molecular weight excluding hydrogens is 371 g/mol. The van der Waals surface area contributed by atoms with Crippen molar-refractivity contribution in [3.8, 4) is 5.75 Å². The maximum atomic E-state index is 13.9. The van der Waals surface area contributed by atoms with Crippen molar-refractivity contribution < 1.29 is 19.0 Å². The molecule has 2 fully saturated rings. The molecule has 27 heavy (non-hydrogen) atoms. The van der Waals surface area contributed by atoms with Crippen LogP contribution in [0.4, 0.5) is 4.39 Å². The van der Waals surface area contributed by atoms with Gasteiger partial charge in [-0.05, 0) is 36.2 Å². The summed E-state index contributed by atoms with van der Waals surface area (Å²) in [7, 11) is 0. The summed E-state index contributed by atoms with van der Waals surface area (Å²) in [6, 6.07) is 11.4. The van der Waals surface area contributed by atoms with Gasteiger partial charge in [0, 0.05) is 36.3 Å². The van der Waals surface area contributed by atoms with Gasteiger partial charge in [0.2, 0.25) is 0 Å². The zero-order valence-electron chi connectivity index (χ0n) is 14.6. The van der Waals surface area contributed by atoms with E-state index in [0.717, 1.165) is 24.6 Å². The molecule has 2 saturated heterocycles. The van der Waals surface area contributed by atoms with Gasteiger partial charge in [-0.15, -0.1) is 0 Å². The van der Waals surface area contributed by atoms with Gasteiger partial charge in [0.25, 0.3) is 5.91 Å². The number of fused-ring (bicyclic) bond motifs is 1. The van der Waals surface area contributed by atoms with Crippen molar-refractivity contribution in [1.82, 2.24) is 10.2 Å². The zero-order chi connectivity index (χ0) is 19.0. The van der Waals surface area contributed by atoms with E-state index in [2.05, 4.69) is 10.2 Å². The highest BCUT2D eigenvalue weighted by Gasteiger charge is 2.38. The summed E-state index contributed by atoms with van der Waals surface area (Å²) in [6.45, 7) is 2.03. The van der Waals surface area contributed by atoms with Crippen LogP contribution in [0, 0.1) is 5.82 Å². The van der Waals surface area contributed by atoms with Crippen LogP contribution in [-0.4, -0.2) is 47.7 Å². The van der Waals surface area contributed by atoms with Crippen LogP contribution in [0.2, 0.25) is 5.02 Å². The van der Waals surface area contributed by atoms with Crippen LogP contribution in [-0.2, 0) is 4.74 Å². The van der Waals surface area contributed by atoms with Crippen LogP contribution in [0.15, 0.2) is 42.5 Å². The second kappa shape index (κ2) is 7.46. The molecule has 0 unspecified atom stereocenters. The Balaban J connectivity index is 1.38. The molecule has 3 atom stereocenters. The number of hydrogen-bond acceptors (Lipinski definition) is 4. The number of nitrogens with one attached hydrogen (secondary N) is 1. The molecule has 2 heterocycles. The van der Waals surface area contributed by atoms with Gasteiger partial charge in [-0.25, -0.2) is 4.39 Å². The highest BCUT2D eigenvalue weighted by Crippen LogP contribution is 2.31. The molecule has 2 aliphatic rings. The monoisotopic (exact) mass is 390 g/mol. The zero-order valence-corrected chi connectivity index (χ0v) is 15.3. The SMILES string of the molecule is O=C(N[C@H]1C[C@H]2CO[C@@H](c3ccc(Cl)cc3)CN2C1)c1ccc(O)cc1F. The molecule has 2 aromatic rings. The molecule has 1 amide bonds. The smallest absolute Gasteiger partial charge is 0.254 e. The number of phenolic OH excluding ortho intramolecular Hbond substituents is 1. The largest absolute Gasteiger partial charge is 0.508 e. The lowest BCUT2D eigenvalue weighted by Gasteiger charge is -2.35. The first kappa shape index (κ1) is 18.2. The van der Waals surface area contributed by atoms with E-state index >= 15 is 0 Å². The number of nitrogens with zero attached hydrogens (tertiary/aromatic N) is 1. The number of carbonyl (C=O) groups excluding carboxylic acids is 1. The van der Waals surface area contributed by atoms with E-state index in [0.29, 0.717) is 18.2 Å². The van der Waals surface area contributed by atoms with E-state index in [4.69, 9.17) is 16.3 Å². The lowest BCUT2D eigenvalue weighted by atomic mass is 10.1. The number of aromatic hydroxyl groups is 1. The molecule has 2 aliphatic heterocycles. The summed E-state index contributed by atoms with van der Waals surface area (Å²) >= 11 is 5.95. The molecular formula is C20H20ClFN2O3. The van der Waals surface area contributed by atoms with E-state index in [1.165, 1.54) is 12.1 Å². The second-order valence-corrected chi connectivity index (χ2v) is 7.49. The van der Waals surface area contributed by atoms with Gasteiger partial charge in [0.15, 0.2) is 0 Å². The number of hydrogen-bond donors (Lipinski definition) is 2. The number of phenols is 1. The topological polar surface area (TPSA) is 61.8 Å². The Bertz CT molecular complexity index is 846. The minimum absolute atomic E-state index is 0.0255. The summed E-state index contributed by atoms with van der Waals surface area (Å²) in [5.41, 5.74) is 1.02.